The van der Waals surface area contributed by atoms with Gasteiger partial charge in [0, 0.05) is 5.92 Å². The molecule has 0 bridgehead atoms. The lowest BCUT2D eigenvalue weighted by molar-refractivity contribution is -0.881. The van der Waals surface area contributed by atoms with Gasteiger partial charge < -0.3 is 9.64 Å². The molecule has 13 heavy (non-hydrogen) atoms. The van der Waals surface area contributed by atoms with Crippen LogP contribution in [-0.2, 0) is 9.53 Å². The fourth-order valence-electron chi connectivity index (χ4n) is 1.49. The van der Waals surface area contributed by atoms with Gasteiger partial charge in [-0.05, 0) is 5.92 Å². The Kier molecular flexibility index (Phi) is 4.99. The van der Waals surface area contributed by atoms with Crippen LogP contribution in [0.25, 0.3) is 0 Å². The molecule has 0 aromatic rings. The number of nitrogens with one attached hydrogen (secondary N) is 1. The van der Waals surface area contributed by atoms with Crippen molar-refractivity contribution in [3.05, 3.63) is 0 Å². The lowest BCUT2D eigenvalue weighted by atomic mass is 9.90. The molecule has 0 aliphatic rings. The second-order valence-corrected chi connectivity index (χ2v) is 4.18. The molecule has 0 saturated carbocycles. The first kappa shape index (κ1) is 12.4. The number of carbonyl (C=O) groups excluding carboxylic acids is 1. The van der Waals surface area contributed by atoms with E-state index < -0.39 is 0 Å². The molecule has 78 valence electrons. The Balaban J connectivity index is 4.51. The zero-order chi connectivity index (χ0) is 10.6. The minimum Gasteiger partial charge on any atom is -0.465 e. The lowest BCUT2D eigenvalue weighted by Crippen LogP contribution is -3.12. The Morgan fingerprint density at radius 2 is 1.69 bits per heavy atom. The summed E-state index contributed by atoms with van der Waals surface area (Å²) >= 11 is 0. The summed E-state index contributed by atoms with van der Waals surface area (Å²) in [5.74, 6) is 0.734. The highest BCUT2D eigenvalue weighted by Gasteiger charge is 2.33. The quantitative estimate of drug-likeness (QED) is 0.628. The first-order chi connectivity index (χ1) is 5.91. The van der Waals surface area contributed by atoms with Crippen molar-refractivity contribution in [2.75, 3.05) is 21.2 Å². The van der Waals surface area contributed by atoms with Gasteiger partial charge in [0.1, 0.15) is 0 Å². The van der Waals surface area contributed by atoms with Gasteiger partial charge in [0.2, 0.25) is 0 Å². The van der Waals surface area contributed by atoms with E-state index in [0.29, 0.717) is 11.8 Å². The minimum absolute atomic E-state index is 0.0509. The molecule has 0 radical (unpaired) electrons. The summed E-state index contributed by atoms with van der Waals surface area (Å²) < 4.78 is 4.79. The Bertz CT molecular complexity index is 166. The SMILES string of the molecule is COC(=O)C(C(C)C(C)C)[NH+](C)C. The molecule has 0 spiro atoms. The van der Waals surface area contributed by atoms with E-state index in [0.717, 1.165) is 4.90 Å². The van der Waals surface area contributed by atoms with Gasteiger partial charge in [0.05, 0.1) is 21.2 Å². The third-order valence-corrected chi connectivity index (χ3v) is 2.65. The van der Waals surface area contributed by atoms with Crippen molar-refractivity contribution < 1.29 is 14.4 Å². The average Bonchev–Trinajstić information content (AvgIpc) is 2.03. The number of hydrogen-bond donors (Lipinski definition) is 1. The number of esters is 1. The summed E-state index contributed by atoms with van der Waals surface area (Å²) in [6.07, 6.45) is 0. The lowest BCUT2D eigenvalue weighted by Gasteiger charge is -2.27. The molecule has 0 fully saturated rings. The van der Waals surface area contributed by atoms with Crippen LogP contribution in [0.15, 0.2) is 0 Å². The maximum absolute atomic E-state index is 11.5. The third kappa shape index (κ3) is 3.35. The summed E-state index contributed by atoms with van der Waals surface area (Å²) in [4.78, 5) is 12.6. The van der Waals surface area contributed by atoms with Crippen LogP contribution in [0.4, 0.5) is 0 Å². The normalized spacial score (nSPS) is 16.0. The predicted molar refractivity (Wildman–Crippen MR) is 52.6 cm³/mol. The van der Waals surface area contributed by atoms with E-state index >= 15 is 0 Å². The number of hydrogen-bond acceptors (Lipinski definition) is 2. The van der Waals surface area contributed by atoms with Gasteiger partial charge >= 0.3 is 5.97 Å². The van der Waals surface area contributed by atoms with Gasteiger partial charge in [-0.25, -0.2) is 4.79 Å². The van der Waals surface area contributed by atoms with Crippen LogP contribution in [-0.4, -0.2) is 33.2 Å². The summed E-state index contributed by atoms with van der Waals surface area (Å²) in [6.45, 7) is 6.35. The highest BCUT2D eigenvalue weighted by molar-refractivity contribution is 5.74. The second kappa shape index (κ2) is 5.22. The van der Waals surface area contributed by atoms with Crippen LogP contribution in [0.2, 0.25) is 0 Å². The zero-order valence-corrected chi connectivity index (χ0v) is 9.55. The Hall–Kier alpha value is -0.570. The van der Waals surface area contributed by atoms with Crippen LogP contribution in [0.5, 0.6) is 0 Å². The summed E-state index contributed by atoms with van der Waals surface area (Å²) in [7, 11) is 5.42. The van der Waals surface area contributed by atoms with Crippen LogP contribution in [0, 0.1) is 11.8 Å². The molecule has 0 aliphatic carbocycles. The minimum atomic E-state index is -0.110. The standard InChI is InChI=1S/C10H21NO2/c1-7(2)8(3)9(11(4)5)10(12)13-6/h7-9H,1-6H3/p+1. The molecule has 3 nitrogen and oxygen atoms in total. The molecular formula is C10H22NO2+. The second-order valence-electron chi connectivity index (χ2n) is 4.18. The summed E-state index contributed by atoms with van der Waals surface area (Å²) in [5.41, 5.74) is 0. The van der Waals surface area contributed by atoms with Gasteiger partial charge in [0.25, 0.3) is 0 Å². The van der Waals surface area contributed by atoms with E-state index in [1.54, 1.807) is 0 Å². The van der Waals surface area contributed by atoms with Crippen molar-refractivity contribution in [1.29, 1.82) is 0 Å². The first-order valence-corrected chi connectivity index (χ1v) is 4.79. The van der Waals surface area contributed by atoms with Crippen LogP contribution in [0.1, 0.15) is 20.8 Å². The molecule has 0 aromatic carbocycles. The van der Waals surface area contributed by atoms with Gasteiger partial charge in [-0.1, -0.05) is 20.8 Å². The largest absolute Gasteiger partial charge is 0.465 e. The number of rotatable bonds is 4. The smallest absolute Gasteiger partial charge is 0.364 e. The molecule has 0 aromatic heterocycles. The molecule has 3 heteroatoms. The maximum atomic E-state index is 11.5. The average molecular weight is 188 g/mol. The Labute approximate surface area is 81.1 Å². The first-order valence-electron chi connectivity index (χ1n) is 4.79. The molecule has 0 heterocycles. The number of methoxy groups -OCH3 is 1. The van der Waals surface area contributed by atoms with Crippen molar-refractivity contribution in [2.24, 2.45) is 11.8 Å². The summed E-state index contributed by atoms with van der Waals surface area (Å²) in [6, 6.07) is -0.0509. The highest BCUT2D eigenvalue weighted by Crippen LogP contribution is 2.13. The van der Waals surface area contributed by atoms with E-state index in [1.165, 1.54) is 7.11 Å². The van der Waals surface area contributed by atoms with Crippen molar-refractivity contribution in [2.45, 2.75) is 26.8 Å². The molecule has 2 unspecified atom stereocenters. The topological polar surface area (TPSA) is 30.7 Å². The molecule has 1 N–H and O–H groups in total. The number of likely N-dealkylation sites (N-methyl/N-ethyl adjacent to an activating group) is 1. The van der Waals surface area contributed by atoms with E-state index in [9.17, 15) is 4.79 Å². The van der Waals surface area contributed by atoms with Gasteiger partial charge in [-0.15, -0.1) is 0 Å². The van der Waals surface area contributed by atoms with E-state index in [1.807, 2.05) is 14.1 Å². The van der Waals surface area contributed by atoms with Crippen LogP contribution >= 0.6 is 0 Å². The van der Waals surface area contributed by atoms with Gasteiger partial charge in [0.15, 0.2) is 6.04 Å². The fraction of sp³-hybridized carbons (Fsp3) is 0.900. The monoisotopic (exact) mass is 188 g/mol. The molecule has 0 saturated heterocycles. The molecule has 0 rings (SSSR count). The van der Waals surface area contributed by atoms with E-state index in [-0.39, 0.29) is 12.0 Å². The van der Waals surface area contributed by atoms with Crippen LogP contribution < -0.4 is 4.90 Å². The van der Waals surface area contributed by atoms with Crippen LogP contribution in [0.3, 0.4) is 0 Å². The van der Waals surface area contributed by atoms with Crippen molar-refractivity contribution in [3.63, 3.8) is 0 Å². The predicted octanol–water partition coefficient (Wildman–Crippen LogP) is -0.0354. The molecule has 2 atom stereocenters. The van der Waals surface area contributed by atoms with Crippen molar-refractivity contribution >= 4 is 5.97 Å². The van der Waals surface area contributed by atoms with E-state index in [4.69, 9.17) is 4.74 Å². The summed E-state index contributed by atoms with van der Waals surface area (Å²) in [5, 5.41) is 0. The molecular weight excluding hydrogens is 166 g/mol. The Morgan fingerprint density at radius 3 is 1.92 bits per heavy atom. The zero-order valence-electron chi connectivity index (χ0n) is 9.55. The van der Waals surface area contributed by atoms with E-state index in [2.05, 4.69) is 20.8 Å². The maximum Gasteiger partial charge on any atom is 0.364 e. The molecule has 0 amide bonds. The third-order valence-electron chi connectivity index (χ3n) is 2.65. The van der Waals surface area contributed by atoms with Gasteiger partial charge in [-0.3, -0.25) is 0 Å². The molecule has 0 aliphatic heterocycles. The van der Waals surface area contributed by atoms with Crippen molar-refractivity contribution in [3.8, 4) is 0 Å². The fourth-order valence-corrected chi connectivity index (χ4v) is 1.49. The van der Waals surface area contributed by atoms with Crippen molar-refractivity contribution in [1.82, 2.24) is 0 Å². The number of carbonyl (C=O) groups is 1. The van der Waals surface area contributed by atoms with Gasteiger partial charge in [-0.2, -0.15) is 0 Å². The number of ether oxygens (including phenoxy) is 1. The Morgan fingerprint density at radius 1 is 1.23 bits per heavy atom. The number of quaternary nitrogens is 1. The highest BCUT2D eigenvalue weighted by atomic mass is 16.5.